The highest BCUT2D eigenvalue weighted by Crippen LogP contribution is 2.42. The summed E-state index contributed by atoms with van der Waals surface area (Å²) in [5.74, 6) is 0.392. The number of hydrogen-bond acceptors (Lipinski definition) is 4. The fraction of sp³-hybridized carbons (Fsp3) is 0.917. The van der Waals surface area contributed by atoms with E-state index in [1.54, 1.807) is 12.0 Å². The Hall–Kier alpha value is -0.620. The van der Waals surface area contributed by atoms with Crippen LogP contribution in [-0.2, 0) is 19.4 Å². The SMILES string of the molecule is COCC1(C(=O)N2CCCS(=O)(=O)CC2)CCC1. The second-order valence-corrected chi connectivity index (χ2v) is 7.67. The molecule has 1 saturated carbocycles. The number of hydrogen-bond donors (Lipinski definition) is 0. The number of rotatable bonds is 3. The third-order valence-corrected chi connectivity index (χ3v) is 5.74. The van der Waals surface area contributed by atoms with Crippen LogP contribution in [0.15, 0.2) is 0 Å². The Morgan fingerprint density at radius 2 is 1.94 bits per heavy atom. The first kappa shape index (κ1) is 13.8. The Balaban J connectivity index is 2.04. The summed E-state index contributed by atoms with van der Waals surface area (Å²) >= 11 is 0. The van der Waals surface area contributed by atoms with Crippen molar-refractivity contribution in [3.05, 3.63) is 0 Å². The molecular weight excluding hydrogens is 254 g/mol. The molecule has 0 spiro atoms. The van der Waals surface area contributed by atoms with E-state index in [0.717, 1.165) is 19.3 Å². The van der Waals surface area contributed by atoms with E-state index in [1.807, 2.05) is 0 Å². The summed E-state index contributed by atoms with van der Waals surface area (Å²) < 4.78 is 28.2. The molecule has 1 aliphatic heterocycles. The second-order valence-electron chi connectivity index (χ2n) is 5.36. The Labute approximate surface area is 108 Å². The van der Waals surface area contributed by atoms with Crippen LogP contribution in [0.3, 0.4) is 0 Å². The molecule has 104 valence electrons. The zero-order valence-electron chi connectivity index (χ0n) is 10.9. The largest absolute Gasteiger partial charge is 0.384 e. The van der Waals surface area contributed by atoms with Crippen LogP contribution >= 0.6 is 0 Å². The van der Waals surface area contributed by atoms with Gasteiger partial charge in [-0.3, -0.25) is 4.79 Å². The lowest BCUT2D eigenvalue weighted by atomic mass is 9.68. The number of carbonyl (C=O) groups excluding carboxylic acids is 1. The Morgan fingerprint density at radius 3 is 2.50 bits per heavy atom. The van der Waals surface area contributed by atoms with Crippen LogP contribution in [-0.4, -0.2) is 57.5 Å². The van der Waals surface area contributed by atoms with Gasteiger partial charge in [0.15, 0.2) is 9.84 Å². The lowest BCUT2D eigenvalue weighted by molar-refractivity contribution is -0.151. The quantitative estimate of drug-likeness (QED) is 0.750. The maximum absolute atomic E-state index is 12.5. The van der Waals surface area contributed by atoms with Gasteiger partial charge < -0.3 is 9.64 Å². The fourth-order valence-electron chi connectivity index (χ4n) is 2.78. The van der Waals surface area contributed by atoms with Gasteiger partial charge in [0.1, 0.15) is 0 Å². The van der Waals surface area contributed by atoms with Gasteiger partial charge in [0.2, 0.25) is 5.91 Å². The summed E-state index contributed by atoms with van der Waals surface area (Å²) in [7, 11) is -1.35. The smallest absolute Gasteiger partial charge is 0.231 e. The van der Waals surface area contributed by atoms with Crippen LogP contribution in [0.1, 0.15) is 25.7 Å². The minimum Gasteiger partial charge on any atom is -0.384 e. The van der Waals surface area contributed by atoms with Crippen molar-refractivity contribution in [2.24, 2.45) is 5.41 Å². The van der Waals surface area contributed by atoms with Gasteiger partial charge in [-0.05, 0) is 19.3 Å². The molecule has 1 aliphatic carbocycles. The topological polar surface area (TPSA) is 63.7 Å². The number of ether oxygens (including phenoxy) is 1. The molecule has 0 unspecified atom stereocenters. The molecule has 0 radical (unpaired) electrons. The number of sulfone groups is 1. The second kappa shape index (κ2) is 5.17. The van der Waals surface area contributed by atoms with E-state index in [4.69, 9.17) is 4.74 Å². The molecule has 0 aromatic rings. The van der Waals surface area contributed by atoms with Crippen molar-refractivity contribution in [3.8, 4) is 0 Å². The van der Waals surface area contributed by atoms with Crippen LogP contribution in [0.25, 0.3) is 0 Å². The third-order valence-electron chi connectivity index (χ3n) is 4.03. The van der Waals surface area contributed by atoms with Crippen LogP contribution < -0.4 is 0 Å². The zero-order chi connectivity index (χ0) is 13.2. The number of methoxy groups -OCH3 is 1. The normalized spacial score (nSPS) is 26.2. The molecule has 0 aromatic heterocycles. The Morgan fingerprint density at radius 1 is 1.22 bits per heavy atom. The maximum atomic E-state index is 12.5. The first-order valence-corrected chi connectivity index (χ1v) is 8.30. The van der Waals surface area contributed by atoms with Gasteiger partial charge in [0.05, 0.1) is 23.5 Å². The van der Waals surface area contributed by atoms with Crippen LogP contribution in [0.4, 0.5) is 0 Å². The van der Waals surface area contributed by atoms with Gasteiger partial charge >= 0.3 is 0 Å². The van der Waals surface area contributed by atoms with Crippen molar-refractivity contribution in [1.82, 2.24) is 4.90 Å². The first-order valence-electron chi connectivity index (χ1n) is 6.48. The van der Waals surface area contributed by atoms with Crippen molar-refractivity contribution < 1.29 is 17.9 Å². The first-order chi connectivity index (χ1) is 8.49. The zero-order valence-corrected chi connectivity index (χ0v) is 11.7. The van der Waals surface area contributed by atoms with Gasteiger partial charge in [-0.25, -0.2) is 8.42 Å². The Bertz CT molecular complexity index is 414. The highest BCUT2D eigenvalue weighted by molar-refractivity contribution is 7.91. The molecule has 0 aromatic carbocycles. The molecule has 1 heterocycles. The van der Waals surface area contributed by atoms with E-state index in [2.05, 4.69) is 0 Å². The van der Waals surface area contributed by atoms with Crippen LogP contribution in [0.2, 0.25) is 0 Å². The van der Waals surface area contributed by atoms with Gasteiger partial charge in [-0.1, -0.05) is 6.42 Å². The van der Waals surface area contributed by atoms with Crippen molar-refractivity contribution in [3.63, 3.8) is 0 Å². The fourth-order valence-corrected chi connectivity index (χ4v) is 4.05. The summed E-state index contributed by atoms with van der Waals surface area (Å²) in [6.07, 6.45) is 3.34. The van der Waals surface area contributed by atoms with Gasteiger partial charge in [-0.2, -0.15) is 0 Å². The number of carbonyl (C=O) groups is 1. The molecule has 0 bridgehead atoms. The minimum atomic E-state index is -2.96. The predicted octanol–water partition coefficient (Wildman–Crippen LogP) is 0.450. The van der Waals surface area contributed by atoms with Gasteiger partial charge in [0, 0.05) is 20.2 Å². The average Bonchev–Trinajstić information content (AvgIpc) is 2.44. The number of nitrogens with zero attached hydrogens (tertiary/aromatic N) is 1. The molecule has 0 atom stereocenters. The summed E-state index contributed by atoms with van der Waals surface area (Å²) in [6, 6.07) is 0. The molecule has 18 heavy (non-hydrogen) atoms. The van der Waals surface area contributed by atoms with Crippen molar-refractivity contribution >= 4 is 15.7 Å². The molecular formula is C12H21NO4S. The molecule has 5 nitrogen and oxygen atoms in total. The monoisotopic (exact) mass is 275 g/mol. The highest BCUT2D eigenvalue weighted by Gasteiger charge is 2.46. The summed E-state index contributed by atoms with van der Waals surface area (Å²) in [5.41, 5.74) is -0.372. The average molecular weight is 275 g/mol. The Kier molecular flexibility index (Phi) is 3.96. The number of amides is 1. The molecule has 2 aliphatic rings. The summed E-state index contributed by atoms with van der Waals surface area (Å²) in [6.45, 7) is 1.35. The van der Waals surface area contributed by atoms with Crippen molar-refractivity contribution in [2.45, 2.75) is 25.7 Å². The van der Waals surface area contributed by atoms with E-state index in [1.165, 1.54) is 0 Å². The maximum Gasteiger partial charge on any atom is 0.231 e. The molecule has 6 heteroatoms. The molecule has 2 rings (SSSR count). The van der Waals surface area contributed by atoms with Crippen molar-refractivity contribution in [1.29, 1.82) is 0 Å². The highest BCUT2D eigenvalue weighted by atomic mass is 32.2. The molecule has 0 N–H and O–H groups in total. The van der Waals surface area contributed by atoms with E-state index in [-0.39, 0.29) is 22.8 Å². The lowest BCUT2D eigenvalue weighted by Gasteiger charge is -2.42. The third kappa shape index (κ3) is 2.69. The van der Waals surface area contributed by atoms with E-state index < -0.39 is 9.84 Å². The lowest BCUT2D eigenvalue weighted by Crippen LogP contribution is -2.51. The van der Waals surface area contributed by atoms with Gasteiger partial charge in [0.25, 0.3) is 0 Å². The van der Waals surface area contributed by atoms with Gasteiger partial charge in [-0.15, -0.1) is 0 Å². The van der Waals surface area contributed by atoms with Crippen molar-refractivity contribution in [2.75, 3.05) is 38.3 Å². The van der Waals surface area contributed by atoms with Crippen LogP contribution in [0.5, 0.6) is 0 Å². The minimum absolute atomic E-state index is 0.0905. The molecule has 2 fully saturated rings. The standard InChI is InChI=1S/C12H21NO4S/c1-17-10-12(4-2-5-12)11(14)13-6-3-8-18(15,16)9-7-13/h2-10H2,1H3. The molecule has 1 amide bonds. The van der Waals surface area contributed by atoms with E-state index in [9.17, 15) is 13.2 Å². The summed E-state index contributed by atoms with van der Waals surface area (Å²) in [4.78, 5) is 14.2. The van der Waals surface area contributed by atoms with Crippen LogP contribution in [0, 0.1) is 5.41 Å². The van der Waals surface area contributed by atoms with E-state index >= 15 is 0 Å². The van der Waals surface area contributed by atoms with E-state index in [0.29, 0.717) is 26.1 Å². The summed E-state index contributed by atoms with van der Waals surface area (Å²) in [5, 5.41) is 0. The predicted molar refractivity (Wildman–Crippen MR) is 68.0 cm³/mol. The molecule has 1 saturated heterocycles.